The van der Waals surface area contributed by atoms with Crippen LogP contribution in [0.5, 0.6) is 0 Å². The van der Waals surface area contributed by atoms with E-state index in [0.717, 1.165) is 18.2 Å². The molecule has 1 atom stereocenters. The molecular formula is C11H17FN2O3S. The zero-order chi connectivity index (χ0) is 13.8. The average Bonchev–Trinajstić information content (AvgIpc) is 2.25. The zero-order valence-corrected chi connectivity index (χ0v) is 10.9. The van der Waals surface area contributed by atoms with Crippen molar-refractivity contribution in [2.24, 2.45) is 0 Å². The molecule has 0 amide bonds. The number of aliphatic hydroxyl groups excluding tert-OH is 1. The van der Waals surface area contributed by atoms with Crippen molar-refractivity contribution in [1.82, 2.24) is 4.72 Å². The summed E-state index contributed by atoms with van der Waals surface area (Å²) in [7, 11) is -3.76. The van der Waals surface area contributed by atoms with Crippen LogP contribution in [0, 0.1) is 5.82 Å². The molecular weight excluding hydrogens is 259 g/mol. The number of hydrogen-bond donors (Lipinski definition) is 3. The summed E-state index contributed by atoms with van der Waals surface area (Å²) < 4.78 is 39.2. The van der Waals surface area contributed by atoms with Gasteiger partial charge >= 0.3 is 0 Å². The Kier molecular flexibility index (Phi) is 5.06. The van der Waals surface area contributed by atoms with E-state index < -0.39 is 15.8 Å². The molecule has 0 saturated heterocycles. The van der Waals surface area contributed by atoms with Crippen LogP contribution in [0.3, 0.4) is 0 Å². The van der Waals surface area contributed by atoms with Gasteiger partial charge in [-0.3, -0.25) is 0 Å². The second-order valence-corrected chi connectivity index (χ2v) is 5.75. The first-order valence-corrected chi connectivity index (χ1v) is 7.03. The van der Waals surface area contributed by atoms with Crippen LogP contribution in [0.1, 0.15) is 19.8 Å². The number of aliphatic hydroxyl groups is 1. The summed E-state index contributed by atoms with van der Waals surface area (Å²) in [6, 6.07) is 2.81. The number of benzene rings is 1. The Morgan fingerprint density at radius 1 is 1.50 bits per heavy atom. The monoisotopic (exact) mass is 276 g/mol. The van der Waals surface area contributed by atoms with Gasteiger partial charge in [0.2, 0.25) is 10.0 Å². The summed E-state index contributed by atoms with van der Waals surface area (Å²) >= 11 is 0. The smallest absolute Gasteiger partial charge is 0.242 e. The van der Waals surface area contributed by atoms with Crippen molar-refractivity contribution in [2.45, 2.75) is 30.7 Å². The Bertz CT molecular complexity index is 505. The van der Waals surface area contributed by atoms with Crippen LogP contribution in [-0.2, 0) is 10.0 Å². The van der Waals surface area contributed by atoms with Crippen LogP contribution in [0.4, 0.5) is 10.1 Å². The molecule has 0 aliphatic heterocycles. The molecule has 0 spiro atoms. The summed E-state index contributed by atoms with van der Waals surface area (Å²) in [5.74, 6) is -0.584. The summed E-state index contributed by atoms with van der Waals surface area (Å²) in [6.45, 7) is 1.69. The highest BCUT2D eigenvalue weighted by Crippen LogP contribution is 2.19. The van der Waals surface area contributed by atoms with E-state index in [1.807, 2.05) is 0 Å². The molecule has 1 unspecified atom stereocenters. The first-order valence-electron chi connectivity index (χ1n) is 5.55. The number of halogens is 1. The molecule has 0 saturated carbocycles. The fourth-order valence-corrected chi connectivity index (χ4v) is 2.94. The van der Waals surface area contributed by atoms with Crippen LogP contribution in [0.2, 0.25) is 0 Å². The molecule has 0 radical (unpaired) electrons. The Labute approximate surface area is 106 Å². The largest absolute Gasteiger partial charge is 0.398 e. The normalized spacial score (nSPS) is 13.5. The van der Waals surface area contributed by atoms with Gasteiger partial charge in [-0.05, 0) is 38.0 Å². The second-order valence-electron chi connectivity index (χ2n) is 4.07. The molecule has 0 aliphatic rings. The Balaban J connectivity index is 2.86. The van der Waals surface area contributed by atoms with Gasteiger partial charge in [-0.2, -0.15) is 0 Å². The van der Waals surface area contributed by atoms with E-state index in [2.05, 4.69) is 4.72 Å². The molecule has 7 heteroatoms. The summed E-state index contributed by atoms with van der Waals surface area (Å²) in [6.07, 6.45) is 1.01. The molecule has 0 aromatic heterocycles. The Morgan fingerprint density at radius 2 is 2.17 bits per heavy atom. The average molecular weight is 276 g/mol. The van der Waals surface area contributed by atoms with Gasteiger partial charge in [-0.15, -0.1) is 0 Å². The molecule has 4 N–H and O–H groups in total. The van der Waals surface area contributed by atoms with Crippen molar-refractivity contribution in [2.75, 3.05) is 12.3 Å². The molecule has 0 bridgehead atoms. The molecule has 18 heavy (non-hydrogen) atoms. The van der Waals surface area contributed by atoms with Crippen molar-refractivity contribution >= 4 is 15.7 Å². The van der Waals surface area contributed by atoms with Gasteiger partial charge in [0.25, 0.3) is 0 Å². The lowest BCUT2D eigenvalue weighted by Gasteiger charge is -2.14. The van der Waals surface area contributed by atoms with Crippen molar-refractivity contribution in [3.63, 3.8) is 0 Å². The van der Waals surface area contributed by atoms with Gasteiger partial charge < -0.3 is 10.8 Å². The quantitative estimate of drug-likeness (QED) is 0.671. The third-order valence-corrected chi connectivity index (χ3v) is 4.08. The predicted molar refractivity (Wildman–Crippen MR) is 66.9 cm³/mol. The number of sulfonamides is 1. The molecule has 102 valence electrons. The van der Waals surface area contributed by atoms with E-state index in [0.29, 0.717) is 12.8 Å². The minimum atomic E-state index is -3.76. The topological polar surface area (TPSA) is 92.4 Å². The molecule has 0 aliphatic carbocycles. The van der Waals surface area contributed by atoms with Gasteiger partial charge in [-0.25, -0.2) is 17.5 Å². The third-order valence-electron chi connectivity index (χ3n) is 2.41. The lowest BCUT2D eigenvalue weighted by atomic mass is 10.2. The zero-order valence-electron chi connectivity index (χ0n) is 10.1. The van der Waals surface area contributed by atoms with Crippen molar-refractivity contribution < 1.29 is 17.9 Å². The van der Waals surface area contributed by atoms with Gasteiger partial charge in [0, 0.05) is 12.6 Å². The molecule has 5 nitrogen and oxygen atoms in total. The number of nitrogens with two attached hydrogens (primary N) is 1. The van der Waals surface area contributed by atoms with Crippen molar-refractivity contribution in [3.8, 4) is 0 Å². The van der Waals surface area contributed by atoms with Gasteiger partial charge in [0.05, 0.1) is 5.69 Å². The number of rotatable bonds is 6. The lowest BCUT2D eigenvalue weighted by molar-refractivity contribution is 0.279. The van der Waals surface area contributed by atoms with E-state index in [9.17, 15) is 12.8 Å². The first-order chi connectivity index (χ1) is 8.36. The number of hydrogen-bond acceptors (Lipinski definition) is 4. The lowest BCUT2D eigenvalue weighted by Crippen LogP contribution is -2.33. The number of nitrogens with one attached hydrogen (secondary N) is 1. The Hall–Kier alpha value is -1.18. The highest BCUT2D eigenvalue weighted by atomic mass is 32.2. The fourth-order valence-electron chi connectivity index (χ4n) is 1.55. The van der Waals surface area contributed by atoms with E-state index in [1.165, 1.54) is 0 Å². The molecule has 1 aromatic rings. The minimum Gasteiger partial charge on any atom is -0.398 e. The standard InChI is InChI=1S/C11H17FN2O3S/c1-8(3-2-6-15)14-18(16,17)11-5-4-9(12)7-10(11)13/h4-5,7-8,14-15H,2-3,6,13H2,1H3. The maximum atomic E-state index is 12.8. The van der Waals surface area contributed by atoms with Crippen LogP contribution in [-0.4, -0.2) is 26.2 Å². The van der Waals surface area contributed by atoms with Gasteiger partial charge in [0.15, 0.2) is 0 Å². The van der Waals surface area contributed by atoms with Gasteiger partial charge in [0.1, 0.15) is 10.7 Å². The molecule has 0 fully saturated rings. The second kappa shape index (κ2) is 6.12. The molecule has 0 heterocycles. The third kappa shape index (κ3) is 3.94. The molecule has 1 aromatic carbocycles. The summed E-state index contributed by atoms with van der Waals surface area (Å²) in [4.78, 5) is -0.139. The highest BCUT2D eigenvalue weighted by Gasteiger charge is 2.20. The minimum absolute atomic E-state index is 0.00472. The Morgan fingerprint density at radius 3 is 2.72 bits per heavy atom. The predicted octanol–water partition coefficient (Wildman–Crippen LogP) is 0.847. The SMILES string of the molecule is CC(CCCO)NS(=O)(=O)c1ccc(F)cc1N. The van der Waals surface area contributed by atoms with Crippen LogP contribution in [0.25, 0.3) is 0 Å². The summed E-state index contributed by atoms with van der Waals surface area (Å²) in [5, 5.41) is 8.67. The van der Waals surface area contributed by atoms with E-state index in [4.69, 9.17) is 10.8 Å². The summed E-state index contributed by atoms with van der Waals surface area (Å²) in [5.41, 5.74) is 5.36. The van der Waals surface area contributed by atoms with Crippen LogP contribution >= 0.6 is 0 Å². The first kappa shape index (κ1) is 14.9. The van der Waals surface area contributed by atoms with Crippen molar-refractivity contribution in [3.05, 3.63) is 24.0 Å². The number of anilines is 1. The maximum absolute atomic E-state index is 12.8. The van der Waals surface area contributed by atoms with Crippen molar-refractivity contribution in [1.29, 1.82) is 0 Å². The highest BCUT2D eigenvalue weighted by molar-refractivity contribution is 7.89. The van der Waals surface area contributed by atoms with Crippen LogP contribution < -0.4 is 10.5 Å². The van der Waals surface area contributed by atoms with Crippen LogP contribution in [0.15, 0.2) is 23.1 Å². The molecule has 1 rings (SSSR count). The maximum Gasteiger partial charge on any atom is 0.242 e. The van der Waals surface area contributed by atoms with Gasteiger partial charge in [-0.1, -0.05) is 0 Å². The number of nitrogen functional groups attached to an aromatic ring is 1. The fraction of sp³-hybridized carbons (Fsp3) is 0.455. The van der Waals surface area contributed by atoms with E-state index >= 15 is 0 Å². The van der Waals surface area contributed by atoms with E-state index in [-0.39, 0.29) is 23.2 Å². The van der Waals surface area contributed by atoms with E-state index in [1.54, 1.807) is 6.92 Å².